The molecule has 0 aromatic heterocycles. The van der Waals surface area contributed by atoms with E-state index in [2.05, 4.69) is 5.32 Å². The van der Waals surface area contributed by atoms with E-state index < -0.39 is 24.1 Å². The number of nitrogens with two attached hydrogens (primary N) is 1. The van der Waals surface area contributed by atoms with E-state index in [0.717, 1.165) is 18.4 Å². The van der Waals surface area contributed by atoms with Crippen LogP contribution in [0.4, 0.5) is 4.79 Å². The van der Waals surface area contributed by atoms with Gasteiger partial charge in [-0.2, -0.15) is 0 Å². The van der Waals surface area contributed by atoms with Crippen LogP contribution < -0.4 is 11.1 Å². The van der Waals surface area contributed by atoms with Crippen LogP contribution in [0.15, 0.2) is 24.3 Å². The molecule has 1 fully saturated rings. The first kappa shape index (κ1) is 17.7. The predicted octanol–water partition coefficient (Wildman–Crippen LogP) is 1.67. The van der Waals surface area contributed by atoms with Crippen LogP contribution >= 0.6 is 11.6 Å². The van der Waals surface area contributed by atoms with Gasteiger partial charge >= 0.3 is 6.03 Å². The van der Waals surface area contributed by atoms with E-state index in [9.17, 15) is 14.7 Å². The van der Waals surface area contributed by atoms with Crippen molar-refractivity contribution in [2.75, 3.05) is 13.1 Å². The lowest BCUT2D eigenvalue weighted by Gasteiger charge is -2.36. The Morgan fingerprint density at radius 3 is 2.39 bits per heavy atom. The third kappa shape index (κ3) is 4.67. The summed E-state index contributed by atoms with van der Waals surface area (Å²) in [5.74, 6) is -0.256. The third-order valence-electron chi connectivity index (χ3n) is 4.41. The molecule has 1 aromatic rings. The highest BCUT2D eigenvalue weighted by molar-refractivity contribution is 6.30. The number of hydrogen-bond donors (Lipinski definition) is 3. The number of piperidine rings is 1. The molecule has 6 nitrogen and oxygen atoms in total. The summed E-state index contributed by atoms with van der Waals surface area (Å²) >= 11 is 5.86. The summed E-state index contributed by atoms with van der Waals surface area (Å²) in [4.78, 5) is 24.5. The first-order valence-electron chi connectivity index (χ1n) is 7.66. The Bertz CT molecular complexity index is 556. The van der Waals surface area contributed by atoms with Crippen LogP contribution in [-0.4, -0.2) is 41.1 Å². The zero-order valence-electron chi connectivity index (χ0n) is 13.0. The van der Waals surface area contributed by atoms with Gasteiger partial charge in [0.15, 0.2) is 0 Å². The van der Waals surface area contributed by atoms with Crippen molar-refractivity contribution in [2.45, 2.75) is 31.9 Å². The summed E-state index contributed by atoms with van der Waals surface area (Å²) in [5.41, 5.74) is 5.82. The first-order chi connectivity index (χ1) is 10.9. The molecular weight excluding hydrogens is 318 g/mol. The van der Waals surface area contributed by atoms with E-state index in [0.29, 0.717) is 18.1 Å². The standard InChI is InChI=1S/C16H22ClN3O3/c1-10(15(22)19-16(18)23)20-8-6-12(7-9-20)14(21)11-2-4-13(17)5-3-11/h2-5,10,12,14,21H,6-9H2,1H3,(H3,18,19,22,23)/t10-,14-/m1/s1. The van der Waals surface area contributed by atoms with Crippen LogP contribution in [0.1, 0.15) is 31.4 Å². The smallest absolute Gasteiger partial charge is 0.318 e. The van der Waals surface area contributed by atoms with Gasteiger partial charge in [0.05, 0.1) is 12.1 Å². The van der Waals surface area contributed by atoms with Crippen LogP contribution in [0.5, 0.6) is 0 Å². The average molecular weight is 340 g/mol. The largest absolute Gasteiger partial charge is 0.388 e. The van der Waals surface area contributed by atoms with Gasteiger partial charge in [0.1, 0.15) is 0 Å². The maximum absolute atomic E-state index is 11.8. The molecule has 4 N–H and O–H groups in total. The van der Waals surface area contributed by atoms with Crippen molar-refractivity contribution in [1.82, 2.24) is 10.2 Å². The van der Waals surface area contributed by atoms with Crippen LogP contribution in [0.3, 0.4) is 0 Å². The van der Waals surface area contributed by atoms with Crippen molar-refractivity contribution in [3.63, 3.8) is 0 Å². The normalized spacial score (nSPS) is 19.1. The summed E-state index contributed by atoms with van der Waals surface area (Å²) in [6, 6.07) is 5.95. The van der Waals surface area contributed by atoms with E-state index in [1.807, 2.05) is 17.0 Å². The SMILES string of the molecule is C[C@H](C(=O)NC(N)=O)N1CCC([C@H](O)c2ccc(Cl)cc2)CC1. The van der Waals surface area contributed by atoms with Crippen molar-refractivity contribution >= 4 is 23.5 Å². The number of rotatable bonds is 4. The molecule has 1 aliphatic heterocycles. The Labute approximate surface area is 140 Å². The Morgan fingerprint density at radius 1 is 1.30 bits per heavy atom. The fourth-order valence-corrected chi connectivity index (χ4v) is 3.07. The highest BCUT2D eigenvalue weighted by atomic mass is 35.5. The lowest BCUT2D eigenvalue weighted by molar-refractivity contribution is -0.125. The maximum atomic E-state index is 11.8. The lowest BCUT2D eigenvalue weighted by Crippen LogP contribution is -2.50. The van der Waals surface area contributed by atoms with Gasteiger partial charge in [-0.15, -0.1) is 0 Å². The Morgan fingerprint density at radius 2 is 1.87 bits per heavy atom. The molecule has 0 bridgehead atoms. The van der Waals surface area contributed by atoms with Crippen LogP contribution in [0.2, 0.25) is 5.02 Å². The summed E-state index contributed by atoms with van der Waals surface area (Å²) in [5, 5.41) is 13.2. The van der Waals surface area contributed by atoms with Gasteiger partial charge in [0.2, 0.25) is 5.91 Å². The third-order valence-corrected chi connectivity index (χ3v) is 4.66. The molecule has 2 atom stereocenters. The molecule has 1 aromatic carbocycles. The minimum Gasteiger partial charge on any atom is -0.388 e. The summed E-state index contributed by atoms with van der Waals surface area (Å²) in [7, 11) is 0. The van der Waals surface area contributed by atoms with E-state index in [1.54, 1.807) is 19.1 Å². The molecule has 1 saturated heterocycles. The molecule has 126 valence electrons. The topological polar surface area (TPSA) is 95.7 Å². The molecule has 3 amide bonds. The average Bonchev–Trinajstić information content (AvgIpc) is 2.53. The van der Waals surface area contributed by atoms with Gasteiger partial charge in [-0.1, -0.05) is 23.7 Å². The number of benzene rings is 1. The minimum atomic E-state index is -0.838. The van der Waals surface area contributed by atoms with Gasteiger partial charge in [0, 0.05) is 5.02 Å². The number of aliphatic hydroxyl groups is 1. The van der Waals surface area contributed by atoms with E-state index in [4.69, 9.17) is 17.3 Å². The quantitative estimate of drug-likeness (QED) is 0.777. The number of carbonyl (C=O) groups excluding carboxylic acids is 2. The van der Waals surface area contributed by atoms with Crippen LogP contribution in [-0.2, 0) is 4.79 Å². The highest BCUT2D eigenvalue weighted by Gasteiger charge is 2.30. The highest BCUT2D eigenvalue weighted by Crippen LogP contribution is 2.31. The molecule has 0 unspecified atom stereocenters. The second kappa shape index (κ2) is 7.77. The Hall–Kier alpha value is -1.63. The van der Waals surface area contributed by atoms with Crippen LogP contribution in [0, 0.1) is 5.92 Å². The minimum absolute atomic E-state index is 0.138. The van der Waals surface area contributed by atoms with Crippen molar-refractivity contribution < 1.29 is 14.7 Å². The molecule has 2 rings (SSSR count). The summed E-state index contributed by atoms with van der Waals surface area (Å²) < 4.78 is 0. The number of likely N-dealkylation sites (tertiary alicyclic amines) is 1. The molecule has 1 heterocycles. The number of nitrogens with one attached hydrogen (secondary N) is 1. The zero-order chi connectivity index (χ0) is 17.0. The lowest BCUT2D eigenvalue weighted by atomic mass is 9.87. The summed E-state index contributed by atoms with van der Waals surface area (Å²) in [6.45, 7) is 3.11. The number of amides is 3. The molecule has 0 saturated carbocycles. The Balaban J connectivity index is 1.89. The fourth-order valence-electron chi connectivity index (χ4n) is 2.95. The molecular formula is C16H22ClN3O3. The molecule has 7 heteroatoms. The van der Waals surface area contributed by atoms with Gasteiger partial charge in [-0.05, 0) is 56.5 Å². The first-order valence-corrected chi connectivity index (χ1v) is 8.04. The van der Waals surface area contributed by atoms with E-state index in [-0.39, 0.29) is 5.92 Å². The molecule has 23 heavy (non-hydrogen) atoms. The Kier molecular flexibility index (Phi) is 5.98. The molecule has 1 aliphatic rings. The number of urea groups is 1. The van der Waals surface area contributed by atoms with Crippen molar-refractivity contribution in [3.8, 4) is 0 Å². The van der Waals surface area contributed by atoms with Crippen molar-refractivity contribution in [3.05, 3.63) is 34.9 Å². The predicted molar refractivity (Wildman–Crippen MR) is 87.9 cm³/mol. The fraction of sp³-hybridized carbons (Fsp3) is 0.500. The second-order valence-electron chi connectivity index (χ2n) is 5.90. The van der Waals surface area contributed by atoms with Gasteiger partial charge in [-0.3, -0.25) is 15.0 Å². The van der Waals surface area contributed by atoms with Gasteiger partial charge in [-0.25, -0.2) is 4.79 Å². The van der Waals surface area contributed by atoms with Crippen LogP contribution in [0.25, 0.3) is 0 Å². The van der Waals surface area contributed by atoms with Gasteiger partial charge < -0.3 is 10.8 Å². The van der Waals surface area contributed by atoms with E-state index in [1.165, 1.54) is 0 Å². The second-order valence-corrected chi connectivity index (χ2v) is 6.34. The number of primary amides is 1. The zero-order valence-corrected chi connectivity index (χ0v) is 13.8. The van der Waals surface area contributed by atoms with Crippen molar-refractivity contribution in [2.24, 2.45) is 11.7 Å². The molecule has 0 radical (unpaired) electrons. The number of halogens is 1. The number of imide groups is 1. The maximum Gasteiger partial charge on any atom is 0.318 e. The number of nitrogens with zero attached hydrogens (tertiary/aromatic N) is 1. The monoisotopic (exact) mass is 339 g/mol. The molecule has 0 spiro atoms. The molecule has 0 aliphatic carbocycles. The number of hydrogen-bond acceptors (Lipinski definition) is 4. The number of carbonyl (C=O) groups is 2. The number of aliphatic hydroxyl groups excluding tert-OH is 1. The van der Waals surface area contributed by atoms with E-state index >= 15 is 0 Å². The van der Waals surface area contributed by atoms with Gasteiger partial charge in [0.25, 0.3) is 0 Å². The van der Waals surface area contributed by atoms with Crippen molar-refractivity contribution in [1.29, 1.82) is 0 Å². The summed E-state index contributed by atoms with van der Waals surface area (Å²) in [6.07, 6.45) is 1.01.